The minimum atomic E-state index is 0.556. The maximum atomic E-state index is 9.88. The van der Waals surface area contributed by atoms with E-state index in [0.717, 1.165) is 18.4 Å². The van der Waals surface area contributed by atoms with E-state index in [-0.39, 0.29) is 0 Å². The van der Waals surface area contributed by atoms with E-state index in [4.69, 9.17) is 0 Å². The molecule has 0 amide bonds. The van der Waals surface area contributed by atoms with Gasteiger partial charge < -0.3 is 5.11 Å². The minimum absolute atomic E-state index is 0.556. The zero-order chi connectivity index (χ0) is 11.9. The minimum Gasteiger partial charge on any atom is -0.387 e. The summed E-state index contributed by atoms with van der Waals surface area (Å²) in [5, 5.41) is 9.88. The first-order valence-corrected chi connectivity index (χ1v) is 5.96. The molecule has 0 spiro atoms. The fourth-order valence-corrected chi connectivity index (χ4v) is 1.85. The van der Waals surface area contributed by atoms with E-state index in [1.165, 1.54) is 5.56 Å². The maximum Gasteiger partial charge on any atom is 0.0979 e. The van der Waals surface area contributed by atoms with E-state index in [1.807, 2.05) is 48.5 Å². The van der Waals surface area contributed by atoms with Crippen molar-refractivity contribution in [2.45, 2.75) is 19.3 Å². The van der Waals surface area contributed by atoms with Gasteiger partial charge in [-0.05, 0) is 24.0 Å². The molecule has 0 saturated heterocycles. The second-order valence-electron chi connectivity index (χ2n) is 4.21. The molecule has 1 N–H and O–H groups in total. The molecule has 0 atom stereocenters. The summed E-state index contributed by atoms with van der Waals surface area (Å²) in [5.41, 5.74) is 2.44. The Bertz CT molecular complexity index is 422. The van der Waals surface area contributed by atoms with Crippen molar-refractivity contribution >= 4 is 0 Å². The van der Waals surface area contributed by atoms with Crippen molar-refractivity contribution in [2.75, 3.05) is 0 Å². The molecule has 1 radical (unpaired) electrons. The lowest BCUT2D eigenvalue weighted by atomic mass is 10.0. The summed E-state index contributed by atoms with van der Waals surface area (Å²) in [4.78, 5) is 0. The summed E-state index contributed by atoms with van der Waals surface area (Å²) >= 11 is 0. The first-order valence-electron chi connectivity index (χ1n) is 5.96. The van der Waals surface area contributed by atoms with Crippen LogP contribution in [0.3, 0.4) is 0 Å². The van der Waals surface area contributed by atoms with Gasteiger partial charge in [-0.2, -0.15) is 0 Å². The van der Waals surface area contributed by atoms with Crippen LogP contribution in [-0.2, 0) is 12.8 Å². The lowest BCUT2D eigenvalue weighted by Crippen LogP contribution is -2.02. The Labute approximate surface area is 103 Å². The molecule has 1 heteroatoms. The molecule has 0 fully saturated rings. The van der Waals surface area contributed by atoms with Crippen LogP contribution in [0.2, 0.25) is 0 Å². The summed E-state index contributed by atoms with van der Waals surface area (Å²) < 4.78 is 0. The standard InChI is InChI=1S/C16H17O/c17-16(13-15-9-5-2-6-10-15)12-11-14-7-3-1-4-8-14/h1-10,17H,11-13H2. The molecule has 17 heavy (non-hydrogen) atoms. The second kappa shape index (κ2) is 6.21. The Balaban J connectivity index is 1.80. The quantitative estimate of drug-likeness (QED) is 0.821. The summed E-state index contributed by atoms with van der Waals surface area (Å²) in [6, 6.07) is 20.3. The first-order chi connectivity index (χ1) is 8.34. The van der Waals surface area contributed by atoms with Crippen LogP contribution >= 0.6 is 0 Å². The fourth-order valence-electron chi connectivity index (χ4n) is 1.85. The third-order valence-electron chi connectivity index (χ3n) is 2.80. The van der Waals surface area contributed by atoms with Gasteiger partial charge in [0, 0.05) is 6.42 Å². The number of aryl methyl sites for hydroxylation is 1. The molecule has 0 heterocycles. The van der Waals surface area contributed by atoms with Gasteiger partial charge in [0.05, 0.1) is 6.10 Å². The van der Waals surface area contributed by atoms with Crippen LogP contribution in [0.15, 0.2) is 60.7 Å². The Hall–Kier alpha value is -1.60. The van der Waals surface area contributed by atoms with Crippen molar-refractivity contribution in [3.05, 3.63) is 77.9 Å². The van der Waals surface area contributed by atoms with Gasteiger partial charge in [0.15, 0.2) is 0 Å². The van der Waals surface area contributed by atoms with Crippen molar-refractivity contribution in [1.82, 2.24) is 0 Å². The lowest BCUT2D eigenvalue weighted by Gasteiger charge is -2.09. The van der Waals surface area contributed by atoms with Crippen molar-refractivity contribution in [1.29, 1.82) is 0 Å². The van der Waals surface area contributed by atoms with Crippen molar-refractivity contribution in [3.63, 3.8) is 0 Å². The predicted molar refractivity (Wildman–Crippen MR) is 70.1 cm³/mol. The van der Waals surface area contributed by atoms with Crippen LogP contribution in [0.4, 0.5) is 0 Å². The Kier molecular flexibility index (Phi) is 4.34. The topological polar surface area (TPSA) is 20.2 Å². The third-order valence-corrected chi connectivity index (χ3v) is 2.80. The summed E-state index contributed by atoms with van der Waals surface area (Å²) in [5.74, 6) is 0. The van der Waals surface area contributed by atoms with Gasteiger partial charge in [-0.25, -0.2) is 0 Å². The second-order valence-corrected chi connectivity index (χ2v) is 4.21. The van der Waals surface area contributed by atoms with Crippen LogP contribution in [-0.4, -0.2) is 5.11 Å². The van der Waals surface area contributed by atoms with E-state index in [9.17, 15) is 5.11 Å². The monoisotopic (exact) mass is 225 g/mol. The lowest BCUT2D eigenvalue weighted by molar-refractivity contribution is 0.278. The molecule has 0 aliphatic heterocycles. The number of rotatable bonds is 5. The Morgan fingerprint density at radius 2 is 1.29 bits per heavy atom. The zero-order valence-electron chi connectivity index (χ0n) is 9.84. The van der Waals surface area contributed by atoms with E-state index in [0.29, 0.717) is 12.5 Å². The van der Waals surface area contributed by atoms with Gasteiger partial charge in [0.25, 0.3) is 0 Å². The van der Waals surface area contributed by atoms with Gasteiger partial charge in [-0.3, -0.25) is 0 Å². The summed E-state index contributed by atoms with van der Waals surface area (Å²) in [6.45, 7) is 0. The highest BCUT2D eigenvalue weighted by atomic mass is 16.3. The zero-order valence-corrected chi connectivity index (χ0v) is 9.84. The molecule has 0 saturated carbocycles. The normalized spacial score (nSPS) is 10.7. The summed E-state index contributed by atoms with van der Waals surface area (Å²) in [6.07, 6.45) is 2.85. The van der Waals surface area contributed by atoms with Crippen molar-refractivity contribution < 1.29 is 5.11 Å². The van der Waals surface area contributed by atoms with E-state index in [2.05, 4.69) is 12.1 Å². The van der Waals surface area contributed by atoms with Crippen molar-refractivity contribution in [2.24, 2.45) is 0 Å². The molecule has 2 rings (SSSR count). The van der Waals surface area contributed by atoms with Gasteiger partial charge >= 0.3 is 0 Å². The smallest absolute Gasteiger partial charge is 0.0979 e. The first kappa shape index (κ1) is 11.9. The van der Waals surface area contributed by atoms with Gasteiger partial charge in [0.2, 0.25) is 0 Å². The molecule has 2 aromatic rings. The number of aliphatic hydroxyl groups is 1. The molecule has 0 aliphatic carbocycles. The average molecular weight is 225 g/mol. The molecule has 0 aromatic heterocycles. The number of benzene rings is 2. The Morgan fingerprint density at radius 3 is 1.88 bits per heavy atom. The number of hydrogen-bond donors (Lipinski definition) is 1. The van der Waals surface area contributed by atoms with Gasteiger partial charge in [-0.15, -0.1) is 0 Å². The average Bonchev–Trinajstić information content (AvgIpc) is 2.39. The number of hydrogen-bond acceptors (Lipinski definition) is 1. The summed E-state index contributed by atoms with van der Waals surface area (Å²) in [7, 11) is 0. The van der Waals surface area contributed by atoms with E-state index < -0.39 is 0 Å². The Morgan fingerprint density at radius 1 is 0.765 bits per heavy atom. The highest BCUT2D eigenvalue weighted by Crippen LogP contribution is 2.14. The number of aliphatic hydroxyl groups excluding tert-OH is 1. The van der Waals surface area contributed by atoms with Gasteiger partial charge in [-0.1, -0.05) is 60.7 Å². The van der Waals surface area contributed by atoms with Crippen LogP contribution in [0.5, 0.6) is 0 Å². The van der Waals surface area contributed by atoms with Crippen molar-refractivity contribution in [3.8, 4) is 0 Å². The van der Waals surface area contributed by atoms with Crippen LogP contribution in [0.25, 0.3) is 0 Å². The molecule has 2 aromatic carbocycles. The molecule has 1 nitrogen and oxygen atoms in total. The molecule has 0 bridgehead atoms. The highest BCUT2D eigenvalue weighted by Gasteiger charge is 2.06. The largest absolute Gasteiger partial charge is 0.387 e. The van der Waals surface area contributed by atoms with E-state index >= 15 is 0 Å². The molecule has 0 aliphatic rings. The van der Waals surface area contributed by atoms with Crippen LogP contribution < -0.4 is 0 Å². The molecular formula is C16H17O. The maximum absolute atomic E-state index is 9.88. The predicted octanol–water partition coefficient (Wildman–Crippen LogP) is 3.77. The SMILES string of the molecule is O[C](CCc1ccccc1)Cc1ccccc1. The highest BCUT2D eigenvalue weighted by molar-refractivity contribution is 5.19. The fraction of sp³-hybridized carbons (Fsp3) is 0.188. The molecule has 87 valence electrons. The van der Waals surface area contributed by atoms with E-state index in [1.54, 1.807) is 0 Å². The van der Waals surface area contributed by atoms with Crippen LogP contribution in [0.1, 0.15) is 17.5 Å². The van der Waals surface area contributed by atoms with Gasteiger partial charge in [0.1, 0.15) is 0 Å². The molecule has 0 unspecified atom stereocenters. The van der Waals surface area contributed by atoms with Crippen LogP contribution in [0, 0.1) is 6.10 Å². The molecular weight excluding hydrogens is 208 g/mol. The third kappa shape index (κ3) is 4.04.